The highest BCUT2D eigenvalue weighted by Gasteiger charge is 2.37. The molecule has 6 aliphatic rings. The molecule has 4 N–H and O–H groups in total. The van der Waals surface area contributed by atoms with Gasteiger partial charge in [-0.1, -0.05) is 0 Å². The molecule has 1 saturated carbocycles. The van der Waals surface area contributed by atoms with Crippen molar-refractivity contribution >= 4 is 46.4 Å². The van der Waals surface area contributed by atoms with Crippen LogP contribution in [-0.2, 0) is 22.7 Å². The van der Waals surface area contributed by atoms with E-state index >= 15 is 0 Å². The third kappa shape index (κ3) is 7.16. The Labute approximate surface area is 304 Å². The van der Waals surface area contributed by atoms with Crippen LogP contribution in [0, 0.1) is 6.92 Å². The maximum atomic E-state index is 12.6. The van der Waals surface area contributed by atoms with Gasteiger partial charge in [0.2, 0.25) is 11.8 Å². The van der Waals surface area contributed by atoms with Crippen molar-refractivity contribution in [1.29, 1.82) is 0 Å². The molecule has 2 atom stereocenters. The van der Waals surface area contributed by atoms with E-state index < -0.39 is 0 Å². The van der Waals surface area contributed by atoms with Crippen molar-refractivity contribution in [3.63, 3.8) is 0 Å². The van der Waals surface area contributed by atoms with Gasteiger partial charge in [0.25, 0.3) is 5.91 Å². The molecule has 0 radical (unpaired) electrons. The van der Waals surface area contributed by atoms with E-state index in [0.717, 1.165) is 142 Å². The highest BCUT2D eigenvalue weighted by molar-refractivity contribution is 6.03. The predicted molar refractivity (Wildman–Crippen MR) is 201 cm³/mol. The number of hydrogen-bond donors (Lipinski definition) is 4. The summed E-state index contributed by atoms with van der Waals surface area (Å²) in [5.41, 5.74) is 6.54. The van der Waals surface area contributed by atoms with Gasteiger partial charge in [-0.15, -0.1) is 0 Å². The van der Waals surface area contributed by atoms with E-state index in [-0.39, 0.29) is 36.4 Å². The number of benzene rings is 1. The SMILES string of the molecule is Cc1cc(C(=O)NC2CC2)ccc1N1CCN(Cc2cnc3c(c2)NC(=O)[C@@H]2CCCCN32)CC1.O=C1Nc2cc(CO)cnc2N2CCCC[C@@H]12. The van der Waals surface area contributed by atoms with Crippen LogP contribution < -0.4 is 30.7 Å². The Morgan fingerprint density at radius 2 is 1.38 bits per heavy atom. The number of aliphatic hydroxyl groups is 1. The topological polar surface area (TPSA) is 146 Å². The van der Waals surface area contributed by atoms with E-state index in [4.69, 9.17) is 10.1 Å². The molecule has 1 aromatic carbocycles. The maximum absolute atomic E-state index is 12.6. The molecule has 4 fully saturated rings. The lowest BCUT2D eigenvalue weighted by atomic mass is 9.99. The zero-order valence-electron chi connectivity index (χ0n) is 29.9. The van der Waals surface area contributed by atoms with Crippen LogP contribution in [0.15, 0.2) is 42.7 Å². The van der Waals surface area contributed by atoms with Crippen LogP contribution in [0.4, 0.5) is 28.7 Å². The Kier molecular flexibility index (Phi) is 9.71. The molecule has 7 heterocycles. The van der Waals surface area contributed by atoms with E-state index in [0.29, 0.717) is 6.04 Å². The van der Waals surface area contributed by atoms with E-state index in [2.05, 4.69) is 59.6 Å². The van der Waals surface area contributed by atoms with Crippen molar-refractivity contribution in [2.45, 2.75) is 89.6 Å². The van der Waals surface area contributed by atoms with Gasteiger partial charge in [-0.3, -0.25) is 19.3 Å². The van der Waals surface area contributed by atoms with Gasteiger partial charge >= 0.3 is 0 Å². The first-order valence-electron chi connectivity index (χ1n) is 19.0. The summed E-state index contributed by atoms with van der Waals surface area (Å²) in [7, 11) is 0. The first-order chi connectivity index (χ1) is 25.3. The van der Waals surface area contributed by atoms with Crippen molar-refractivity contribution in [3.05, 3.63) is 65.0 Å². The van der Waals surface area contributed by atoms with Gasteiger partial charge in [0.15, 0.2) is 11.6 Å². The number of pyridine rings is 2. The minimum absolute atomic E-state index is 0.0395. The smallest absolute Gasteiger partial charge is 0.251 e. The number of amides is 3. The molecule has 9 rings (SSSR count). The van der Waals surface area contributed by atoms with Crippen molar-refractivity contribution in [2.75, 3.05) is 64.6 Å². The second kappa shape index (κ2) is 14.7. The van der Waals surface area contributed by atoms with Crippen molar-refractivity contribution in [1.82, 2.24) is 20.2 Å². The normalized spacial score (nSPS) is 22.5. The molecule has 3 amide bonds. The summed E-state index contributed by atoms with van der Waals surface area (Å²) in [6.07, 6.45) is 12.1. The first-order valence-corrected chi connectivity index (χ1v) is 19.0. The van der Waals surface area contributed by atoms with Crippen LogP contribution in [0.25, 0.3) is 0 Å². The number of aliphatic hydroxyl groups excluding tert-OH is 1. The molecule has 3 aromatic rings. The van der Waals surface area contributed by atoms with E-state index in [1.807, 2.05) is 18.3 Å². The van der Waals surface area contributed by atoms with Crippen molar-refractivity contribution < 1.29 is 19.5 Å². The molecule has 0 unspecified atom stereocenters. The number of nitrogens with one attached hydrogen (secondary N) is 3. The lowest BCUT2D eigenvalue weighted by Crippen LogP contribution is -2.51. The Bertz CT molecular complexity index is 1840. The minimum Gasteiger partial charge on any atom is -0.392 e. The number of anilines is 5. The standard InChI is InChI=1S/C27H34N6O2.C12H15N3O2/c1-18-14-20(26(34)29-21-6-7-21)5-8-23(18)32-12-10-31(11-13-32)17-19-15-22-25(28-16-19)33-9-3-2-4-24(33)27(35)30-22;16-7-8-5-9-11(13-6-8)15-4-2-1-3-10(15)12(17)14-9/h5,8,14-16,21,24H,2-4,6-7,9-13,17H2,1H3,(H,29,34)(H,30,35);5-6,10,16H,1-4,7H2,(H,14,17)/t24-;10-/m00/s1. The zero-order valence-corrected chi connectivity index (χ0v) is 29.9. The quantitative estimate of drug-likeness (QED) is 0.299. The fourth-order valence-corrected chi connectivity index (χ4v) is 8.22. The fraction of sp³-hybridized carbons (Fsp3) is 0.513. The summed E-state index contributed by atoms with van der Waals surface area (Å²) in [5.74, 6) is 1.96. The summed E-state index contributed by atoms with van der Waals surface area (Å²) in [6, 6.07) is 10.2. The number of rotatable bonds is 6. The molecule has 1 aliphatic carbocycles. The Balaban J connectivity index is 0.000000190. The monoisotopic (exact) mass is 707 g/mol. The number of piperazine rings is 1. The summed E-state index contributed by atoms with van der Waals surface area (Å²) in [4.78, 5) is 55.1. The number of fused-ring (bicyclic) bond motifs is 6. The van der Waals surface area contributed by atoms with Crippen LogP contribution in [0.5, 0.6) is 0 Å². The van der Waals surface area contributed by atoms with Crippen molar-refractivity contribution in [2.24, 2.45) is 0 Å². The molecule has 5 aliphatic heterocycles. The molecule has 3 saturated heterocycles. The lowest BCUT2D eigenvalue weighted by molar-refractivity contribution is -0.118. The zero-order chi connectivity index (χ0) is 35.8. The summed E-state index contributed by atoms with van der Waals surface area (Å²) in [6.45, 7) is 8.46. The number of nitrogens with zero attached hydrogens (tertiary/aromatic N) is 6. The van der Waals surface area contributed by atoms with Gasteiger partial charge in [0, 0.05) is 75.5 Å². The first kappa shape index (κ1) is 34.3. The Morgan fingerprint density at radius 1 is 0.788 bits per heavy atom. The molecule has 0 bridgehead atoms. The second-order valence-corrected chi connectivity index (χ2v) is 15.0. The van der Waals surface area contributed by atoms with E-state index in [1.165, 1.54) is 5.69 Å². The molecular weight excluding hydrogens is 658 g/mol. The maximum Gasteiger partial charge on any atom is 0.251 e. The Hall–Kier alpha value is -4.75. The van der Waals surface area contributed by atoms with Gasteiger partial charge < -0.3 is 35.8 Å². The van der Waals surface area contributed by atoms with Gasteiger partial charge in [-0.25, -0.2) is 9.97 Å². The van der Waals surface area contributed by atoms with E-state index in [9.17, 15) is 14.4 Å². The predicted octanol–water partition coefficient (Wildman–Crippen LogP) is 3.80. The number of aryl methyl sites for hydroxylation is 1. The number of piperidine rings is 2. The van der Waals surface area contributed by atoms with Crippen LogP contribution >= 0.6 is 0 Å². The van der Waals surface area contributed by atoms with Crippen LogP contribution in [0.3, 0.4) is 0 Å². The average Bonchev–Trinajstić information content (AvgIpc) is 3.99. The van der Waals surface area contributed by atoms with Gasteiger partial charge in [-0.05, 0) is 105 Å². The molecule has 2 aromatic heterocycles. The van der Waals surface area contributed by atoms with Gasteiger partial charge in [0.1, 0.15) is 12.1 Å². The number of carbonyl (C=O) groups excluding carboxylic acids is 3. The van der Waals surface area contributed by atoms with Gasteiger partial charge in [-0.2, -0.15) is 0 Å². The van der Waals surface area contributed by atoms with Crippen LogP contribution in [-0.4, -0.2) is 95.1 Å². The summed E-state index contributed by atoms with van der Waals surface area (Å²) >= 11 is 0. The third-order valence-electron chi connectivity index (χ3n) is 11.2. The summed E-state index contributed by atoms with van der Waals surface area (Å²) < 4.78 is 0. The second-order valence-electron chi connectivity index (χ2n) is 15.0. The largest absolute Gasteiger partial charge is 0.392 e. The van der Waals surface area contributed by atoms with E-state index in [1.54, 1.807) is 12.3 Å². The molecule has 13 heteroatoms. The third-order valence-corrected chi connectivity index (χ3v) is 11.2. The highest BCUT2D eigenvalue weighted by atomic mass is 16.3. The number of carbonyl (C=O) groups is 3. The molecule has 13 nitrogen and oxygen atoms in total. The van der Waals surface area contributed by atoms with Crippen molar-refractivity contribution in [3.8, 4) is 0 Å². The molecule has 0 spiro atoms. The number of aromatic nitrogens is 2. The Morgan fingerprint density at radius 3 is 1.96 bits per heavy atom. The molecule has 274 valence electrons. The minimum atomic E-state index is -0.0660. The number of hydrogen-bond acceptors (Lipinski definition) is 10. The highest BCUT2D eigenvalue weighted by Crippen LogP contribution is 2.36. The van der Waals surface area contributed by atoms with Crippen LogP contribution in [0.2, 0.25) is 0 Å². The lowest BCUT2D eigenvalue weighted by Gasteiger charge is -2.40. The average molecular weight is 708 g/mol. The fourth-order valence-electron chi connectivity index (χ4n) is 8.22. The summed E-state index contributed by atoms with van der Waals surface area (Å²) in [5, 5.41) is 18.1. The van der Waals surface area contributed by atoms with Gasteiger partial charge in [0.05, 0.1) is 18.0 Å². The molecule has 52 heavy (non-hydrogen) atoms. The van der Waals surface area contributed by atoms with Crippen LogP contribution in [0.1, 0.15) is 78.4 Å². The molecular formula is C39H49N9O4.